The molecule has 3 heterocycles. The van der Waals surface area contributed by atoms with E-state index in [0.29, 0.717) is 24.3 Å². The van der Waals surface area contributed by atoms with E-state index in [1.165, 1.54) is 0 Å². The average molecular weight is 394 g/mol. The van der Waals surface area contributed by atoms with Crippen molar-refractivity contribution in [1.82, 2.24) is 4.90 Å². The first-order valence-corrected chi connectivity index (χ1v) is 9.47. The van der Waals surface area contributed by atoms with Gasteiger partial charge in [-0.25, -0.2) is 0 Å². The lowest BCUT2D eigenvalue weighted by molar-refractivity contribution is -0.756. The van der Waals surface area contributed by atoms with Gasteiger partial charge in [0.15, 0.2) is 0 Å². The molecular formula is C19H26N2O7. The highest BCUT2D eigenvalue weighted by molar-refractivity contribution is 5.78. The summed E-state index contributed by atoms with van der Waals surface area (Å²) >= 11 is 0. The fraction of sp³-hybridized carbons (Fsp3) is 0.632. The summed E-state index contributed by atoms with van der Waals surface area (Å²) in [4.78, 5) is 27.7. The molecule has 154 valence electrons. The standard InChI is InChI=1S/C17H21NO4.C2H5NO3/c1-18-13-7-11(8-14(18)16-15(13)22-16)21-17(20)12(9-19)10-5-3-2-4-6-10;1-2-6-3(4)5/h2-6,11-16,19H,7-9H2,1H3;2H2,1H3/t11?,12-,13?,14?,15?,16?;/m1./s1. The van der Waals surface area contributed by atoms with Crippen molar-refractivity contribution >= 4 is 5.97 Å². The van der Waals surface area contributed by atoms with Gasteiger partial charge in [-0.05, 0) is 19.5 Å². The van der Waals surface area contributed by atoms with Crippen LogP contribution in [-0.2, 0) is 19.1 Å². The number of benzene rings is 1. The Kier molecular flexibility index (Phi) is 6.48. The Morgan fingerprint density at radius 2 is 1.93 bits per heavy atom. The topological polar surface area (TPSA) is 115 Å². The van der Waals surface area contributed by atoms with Crippen molar-refractivity contribution in [1.29, 1.82) is 0 Å². The molecule has 0 saturated carbocycles. The number of fused-ring (bicyclic) bond motifs is 5. The molecule has 1 aromatic carbocycles. The number of epoxide rings is 1. The number of carbonyl (C=O) groups is 1. The second-order valence-electron chi connectivity index (χ2n) is 7.18. The van der Waals surface area contributed by atoms with Crippen LogP contribution in [0.3, 0.4) is 0 Å². The minimum atomic E-state index is -0.819. The van der Waals surface area contributed by atoms with Gasteiger partial charge in [0, 0.05) is 24.9 Å². The summed E-state index contributed by atoms with van der Waals surface area (Å²) in [7, 11) is 2.13. The zero-order chi connectivity index (χ0) is 20.3. The molecule has 5 atom stereocenters. The molecule has 0 radical (unpaired) electrons. The number of hydrogen-bond acceptors (Lipinski definition) is 8. The molecule has 1 aromatic rings. The van der Waals surface area contributed by atoms with Gasteiger partial charge in [-0.15, -0.1) is 10.1 Å². The molecule has 1 N–H and O–H groups in total. The normalized spacial score (nSPS) is 31.0. The summed E-state index contributed by atoms with van der Waals surface area (Å²) in [6.07, 6.45) is 2.26. The van der Waals surface area contributed by atoms with E-state index in [0.717, 1.165) is 18.4 Å². The number of carbonyl (C=O) groups excluding carboxylic acids is 1. The molecule has 0 amide bonds. The van der Waals surface area contributed by atoms with Gasteiger partial charge < -0.3 is 19.4 Å². The highest BCUT2D eigenvalue weighted by Crippen LogP contribution is 2.48. The zero-order valence-electron chi connectivity index (χ0n) is 16.0. The zero-order valence-corrected chi connectivity index (χ0v) is 16.0. The van der Waals surface area contributed by atoms with E-state index in [-0.39, 0.29) is 25.3 Å². The average Bonchev–Trinajstić information content (AvgIpc) is 3.42. The number of likely N-dealkylation sites (N-methyl/N-ethyl adjacent to an activating group) is 1. The monoisotopic (exact) mass is 394 g/mol. The van der Waals surface area contributed by atoms with Crippen LogP contribution in [-0.4, -0.2) is 71.7 Å². The lowest BCUT2D eigenvalue weighted by Crippen LogP contribution is -2.48. The molecule has 4 rings (SSSR count). The van der Waals surface area contributed by atoms with Crippen molar-refractivity contribution < 1.29 is 29.3 Å². The number of esters is 1. The molecule has 2 bridgehead atoms. The van der Waals surface area contributed by atoms with E-state index in [2.05, 4.69) is 16.8 Å². The second kappa shape index (κ2) is 8.85. The van der Waals surface area contributed by atoms with Gasteiger partial charge in [0.1, 0.15) is 24.2 Å². The van der Waals surface area contributed by atoms with Crippen molar-refractivity contribution in [2.24, 2.45) is 0 Å². The van der Waals surface area contributed by atoms with Gasteiger partial charge in [0.2, 0.25) is 0 Å². The Labute approximate surface area is 163 Å². The van der Waals surface area contributed by atoms with Gasteiger partial charge >= 0.3 is 5.97 Å². The maximum atomic E-state index is 12.4. The van der Waals surface area contributed by atoms with Crippen molar-refractivity contribution in [2.75, 3.05) is 20.3 Å². The molecule has 9 nitrogen and oxygen atoms in total. The Hall–Kier alpha value is -2.23. The summed E-state index contributed by atoms with van der Waals surface area (Å²) in [5, 5.41) is 17.9. The summed E-state index contributed by atoms with van der Waals surface area (Å²) < 4.78 is 11.4. The van der Waals surface area contributed by atoms with E-state index in [1.54, 1.807) is 6.92 Å². The lowest BCUT2D eigenvalue weighted by atomic mass is 9.97. The van der Waals surface area contributed by atoms with Crippen molar-refractivity contribution in [3.05, 3.63) is 46.0 Å². The molecule has 0 spiro atoms. The predicted octanol–water partition coefficient (Wildman–Crippen LogP) is 1.13. The van der Waals surface area contributed by atoms with Crippen LogP contribution < -0.4 is 0 Å². The van der Waals surface area contributed by atoms with Gasteiger partial charge in [0.25, 0.3) is 5.09 Å². The predicted molar refractivity (Wildman–Crippen MR) is 98.0 cm³/mol. The molecule has 9 heteroatoms. The number of nitrogens with zero attached hydrogens (tertiary/aromatic N) is 2. The van der Waals surface area contributed by atoms with E-state index < -0.39 is 11.0 Å². The third kappa shape index (κ3) is 4.43. The molecule has 0 aromatic heterocycles. The molecule has 3 aliphatic heterocycles. The fourth-order valence-corrected chi connectivity index (χ4v) is 4.15. The minimum absolute atomic E-state index is 0.0622. The largest absolute Gasteiger partial charge is 0.462 e. The molecule has 28 heavy (non-hydrogen) atoms. The first kappa shape index (κ1) is 20.5. The molecule has 3 fully saturated rings. The van der Waals surface area contributed by atoms with Gasteiger partial charge in [-0.1, -0.05) is 30.3 Å². The lowest BCUT2D eigenvalue weighted by Gasteiger charge is -2.38. The second-order valence-corrected chi connectivity index (χ2v) is 7.18. The fourth-order valence-electron chi connectivity index (χ4n) is 4.15. The Bertz CT molecular complexity index is 668. The van der Waals surface area contributed by atoms with Crippen LogP contribution >= 0.6 is 0 Å². The number of hydrogen-bond donors (Lipinski definition) is 1. The van der Waals surface area contributed by atoms with Crippen LogP contribution in [0.4, 0.5) is 0 Å². The Morgan fingerprint density at radius 3 is 2.39 bits per heavy atom. The SMILES string of the molecule is CCO[N+](=O)[O-].CN1C2CC(OC(=O)[C@H](CO)c3ccccc3)CC1C1OC12. The number of rotatable bonds is 6. The van der Waals surface area contributed by atoms with Crippen LogP contribution in [0, 0.1) is 10.1 Å². The number of morpholine rings is 1. The Morgan fingerprint density at radius 1 is 1.32 bits per heavy atom. The number of aliphatic hydroxyl groups is 1. The maximum Gasteiger partial charge on any atom is 0.316 e. The molecular weight excluding hydrogens is 368 g/mol. The van der Waals surface area contributed by atoms with Crippen LogP contribution in [0.2, 0.25) is 0 Å². The van der Waals surface area contributed by atoms with E-state index in [4.69, 9.17) is 9.47 Å². The van der Waals surface area contributed by atoms with E-state index >= 15 is 0 Å². The maximum absolute atomic E-state index is 12.4. The molecule has 3 aliphatic rings. The first-order chi connectivity index (χ1) is 13.5. The summed E-state index contributed by atoms with van der Waals surface area (Å²) in [5.41, 5.74) is 0.803. The molecule has 0 aliphatic carbocycles. The van der Waals surface area contributed by atoms with Crippen molar-refractivity contribution in [3.63, 3.8) is 0 Å². The Balaban J connectivity index is 0.000000330. The van der Waals surface area contributed by atoms with E-state index in [1.807, 2.05) is 30.3 Å². The molecule has 4 unspecified atom stereocenters. The van der Waals surface area contributed by atoms with Crippen LogP contribution in [0.25, 0.3) is 0 Å². The quantitative estimate of drug-likeness (QED) is 0.331. The van der Waals surface area contributed by atoms with Crippen molar-refractivity contribution in [3.8, 4) is 0 Å². The third-order valence-electron chi connectivity index (χ3n) is 5.56. The number of ether oxygens (including phenoxy) is 2. The highest BCUT2D eigenvalue weighted by Gasteiger charge is 2.62. The van der Waals surface area contributed by atoms with Crippen LogP contribution in [0.5, 0.6) is 0 Å². The summed E-state index contributed by atoms with van der Waals surface area (Å²) in [6, 6.07) is 10.1. The number of aliphatic hydroxyl groups excluding tert-OH is 1. The van der Waals surface area contributed by atoms with Gasteiger partial charge in [-0.2, -0.15) is 0 Å². The molecule has 3 saturated heterocycles. The summed E-state index contributed by atoms with van der Waals surface area (Å²) in [5.74, 6) is -0.915. The van der Waals surface area contributed by atoms with Crippen LogP contribution in [0.15, 0.2) is 30.3 Å². The highest BCUT2D eigenvalue weighted by atomic mass is 16.9. The summed E-state index contributed by atoms with van der Waals surface area (Å²) in [6.45, 7) is 1.46. The first-order valence-electron chi connectivity index (χ1n) is 9.47. The van der Waals surface area contributed by atoms with E-state index in [9.17, 15) is 20.0 Å². The third-order valence-corrected chi connectivity index (χ3v) is 5.56. The smallest absolute Gasteiger partial charge is 0.316 e. The van der Waals surface area contributed by atoms with Gasteiger partial charge in [0.05, 0.1) is 13.2 Å². The number of piperidine rings is 1. The van der Waals surface area contributed by atoms with Crippen LogP contribution in [0.1, 0.15) is 31.2 Å². The van der Waals surface area contributed by atoms with Gasteiger partial charge in [-0.3, -0.25) is 9.69 Å². The minimum Gasteiger partial charge on any atom is -0.462 e. The van der Waals surface area contributed by atoms with Crippen molar-refractivity contribution in [2.45, 2.75) is 56.1 Å².